The maximum absolute atomic E-state index is 13.0. The third-order valence-electron chi connectivity index (χ3n) is 5.41. The fourth-order valence-corrected chi connectivity index (χ4v) is 6.68. The molecule has 1 heterocycles. The predicted molar refractivity (Wildman–Crippen MR) is 170 cm³/mol. The number of anilines is 1. The Balaban J connectivity index is 1.58. The van der Waals surface area contributed by atoms with Gasteiger partial charge >= 0.3 is 10.1 Å². The first-order valence-corrected chi connectivity index (χ1v) is 16.1. The van der Waals surface area contributed by atoms with Crippen LogP contribution >= 0.6 is 56.9 Å². The van der Waals surface area contributed by atoms with Gasteiger partial charge < -0.3 is 14.2 Å². The van der Waals surface area contributed by atoms with E-state index < -0.39 is 16.0 Å². The number of nitrogens with zero attached hydrogens (tertiary/aromatic N) is 1. The van der Waals surface area contributed by atoms with E-state index in [1.807, 2.05) is 46.9 Å². The van der Waals surface area contributed by atoms with Crippen LogP contribution in [0.3, 0.4) is 0 Å². The van der Waals surface area contributed by atoms with Gasteiger partial charge in [-0.1, -0.05) is 12.1 Å². The molecule has 3 amide bonds. The van der Waals surface area contributed by atoms with Crippen LogP contribution in [0.4, 0.5) is 10.5 Å². The van der Waals surface area contributed by atoms with E-state index in [0.717, 1.165) is 20.9 Å². The van der Waals surface area contributed by atoms with E-state index in [9.17, 15) is 22.8 Å². The zero-order chi connectivity index (χ0) is 29.0. The lowest BCUT2D eigenvalue weighted by atomic mass is 10.1. The summed E-state index contributed by atoms with van der Waals surface area (Å²) in [4.78, 5) is 38.2. The summed E-state index contributed by atoms with van der Waals surface area (Å²) >= 11 is 4.96. The number of halogens is 2. The number of carbonyl (C=O) groups excluding carboxylic acids is 3. The highest BCUT2D eigenvalue weighted by atomic mass is 127. The van der Waals surface area contributed by atoms with Crippen molar-refractivity contribution in [2.75, 3.05) is 11.9 Å². The van der Waals surface area contributed by atoms with Crippen LogP contribution in [0.25, 0.3) is 6.08 Å². The van der Waals surface area contributed by atoms with E-state index in [1.54, 1.807) is 25.1 Å². The predicted octanol–water partition coefficient (Wildman–Crippen LogP) is 6.26. The summed E-state index contributed by atoms with van der Waals surface area (Å²) in [6, 6.07) is 16.3. The molecular formula is C27H22I2N2O7S2. The molecule has 0 unspecified atom stereocenters. The zero-order valence-electron chi connectivity index (χ0n) is 21.1. The standard InChI is InChI=1S/C27H22I2N2O7S2/c1-3-37-23-13-18(14-24-26(33)31(27(34)39-24)15-17-4-6-19(28)7-5-17)12-22(29)25(23)38-40(35,36)21-10-8-20(9-11-21)30-16(2)32/h4-14H,3,15H2,1-2H3,(H,30,32)/b24-14-. The molecule has 40 heavy (non-hydrogen) atoms. The minimum Gasteiger partial charge on any atom is -0.490 e. The molecule has 3 aromatic rings. The molecule has 9 nitrogen and oxygen atoms in total. The maximum Gasteiger partial charge on any atom is 0.339 e. The number of carbonyl (C=O) groups is 3. The Labute approximate surface area is 263 Å². The first kappa shape index (κ1) is 30.3. The fraction of sp³-hybridized carbons (Fsp3) is 0.148. The number of benzene rings is 3. The number of nitrogens with one attached hydrogen (secondary N) is 1. The Hall–Kier alpha value is -2.63. The van der Waals surface area contributed by atoms with Crippen LogP contribution in [-0.2, 0) is 26.3 Å². The second-order valence-corrected chi connectivity index (χ2v) is 13.3. The molecule has 1 N–H and O–H groups in total. The number of amides is 3. The number of ether oxygens (including phenoxy) is 1. The van der Waals surface area contributed by atoms with Crippen molar-refractivity contribution >= 4 is 95.9 Å². The molecule has 13 heteroatoms. The highest BCUT2D eigenvalue weighted by Crippen LogP contribution is 2.39. The van der Waals surface area contributed by atoms with Crippen LogP contribution in [-0.4, -0.2) is 37.0 Å². The summed E-state index contributed by atoms with van der Waals surface area (Å²) in [6.45, 7) is 3.49. The number of hydrogen-bond acceptors (Lipinski definition) is 8. The quantitative estimate of drug-likeness (QED) is 0.153. The third-order valence-corrected chi connectivity index (χ3v) is 9.08. The van der Waals surface area contributed by atoms with E-state index in [-0.39, 0.29) is 45.6 Å². The van der Waals surface area contributed by atoms with Crippen molar-refractivity contribution in [2.45, 2.75) is 25.3 Å². The fourth-order valence-electron chi connectivity index (χ4n) is 3.64. The second-order valence-electron chi connectivity index (χ2n) is 8.40. The van der Waals surface area contributed by atoms with Crippen LogP contribution < -0.4 is 14.2 Å². The van der Waals surface area contributed by atoms with E-state index in [4.69, 9.17) is 8.92 Å². The van der Waals surface area contributed by atoms with Gasteiger partial charge in [-0.2, -0.15) is 8.42 Å². The Bertz CT molecular complexity index is 1610. The Morgan fingerprint density at radius 1 is 1.05 bits per heavy atom. The molecule has 3 aromatic carbocycles. The highest BCUT2D eigenvalue weighted by Gasteiger charge is 2.35. The van der Waals surface area contributed by atoms with Gasteiger partial charge in [0.2, 0.25) is 5.91 Å². The summed E-state index contributed by atoms with van der Waals surface area (Å²) < 4.78 is 38.7. The maximum atomic E-state index is 13.0. The summed E-state index contributed by atoms with van der Waals surface area (Å²) in [5.41, 5.74) is 1.82. The van der Waals surface area contributed by atoms with E-state index >= 15 is 0 Å². The van der Waals surface area contributed by atoms with Crippen molar-refractivity contribution < 1.29 is 31.7 Å². The highest BCUT2D eigenvalue weighted by molar-refractivity contribution is 14.1. The normalized spacial score (nSPS) is 14.5. The molecule has 0 spiro atoms. The number of rotatable bonds is 9. The van der Waals surface area contributed by atoms with Crippen LogP contribution in [0.1, 0.15) is 25.0 Å². The van der Waals surface area contributed by atoms with E-state index in [1.165, 1.54) is 36.1 Å². The van der Waals surface area contributed by atoms with E-state index in [0.29, 0.717) is 14.8 Å². The van der Waals surface area contributed by atoms with Crippen LogP contribution in [0.15, 0.2) is 70.5 Å². The van der Waals surface area contributed by atoms with Crippen molar-refractivity contribution in [3.8, 4) is 11.5 Å². The van der Waals surface area contributed by atoms with Crippen LogP contribution in [0, 0.1) is 7.14 Å². The average Bonchev–Trinajstić information content (AvgIpc) is 3.14. The zero-order valence-corrected chi connectivity index (χ0v) is 27.1. The molecule has 1 aliphatic heterocycles. The summed E-state index contributed by atoms with van der Waals surface area (Å²) in [5, 5.41) is 2.20. The van der Waals surface area contributed by atoms with E-state index in [2.05, 4.69) is 27.9 Å². The minimum absolute atomic E-state index is 0.00245. The Morgan fingerprint density at radius 3 is 2.35 bits per heavy atom. The topological polar surface area (TPSA) is 119 Å². The van der Waals surface area contributed by atoms with Gasteiger partial charge in [0.1, 0.15) is 4.90 Å². The number of imide groups is 1. The van der Waals surface area contributed by atoms with Gasteiger partial charge in [0.05, 0.1) is 21.6 Å². The number of hydrogen-bond donors (Lipinski definition) is 1. The first-order valence-electron chi connectivity index (χ1n) is 11.7. The van der Waals surface area contributed by atoms with Gasteiger partial charge in [0, 0.05) is 16.2 Å². The lowest BCUT2D eigenvalue weighted by Crippen LogP contribution is -2.27. The molecule has 0 radical (unpaired) electrons. The largest absolute Gasteiger partial charge is 0.490 e. The SMILES string of the molecule is CCOc1cc(/C=C2\SC(=O)N(Cc3ccc(I)cc3)C2=O)cc(I)c1OS(=O)(=O)c1ccc(NC(C)=O)cc1. The van der Waals surface area contributed by atoms with Gasteiger partial charge in [-0.15, -0.1) is 0 Å². The van der Waals surface area contributed by atoms with Crippen LogP contribution in [0.5, 0.6) is 11.5 Å². The second kappa shape index (κ2) is 12.9. The lowest BCUT2D eigenvalue weighted by Gasteiger charge is -2.15. The molecule has 4 rings (SSSR count). The van der Waals surface area contributed by atoms with Gasteiger partial charge in [-0.25, -0.2) is 0 Å². The van der Waals surface area contributed by atoms with Crippen LogP contribution in [0.2, 0.25) is 0 Å². The molecule has 0 aromatic heterocycles. The van der Waals surface area contributed by atoms with Crippen molar-refractivity contribution in [2.24, 2.45) is 0 Å². The van der Waals surface area contributed by atoms with Crippen molar-refractivity contribution in [3.63, 3.8) is 0 Å². The molecule has 0 bridgehead atoms. The molecular weight excluding hydrogens is 782 g/mol. The summed E-state index contributed by atoms with van der Waals surface area (Å²) in [6.07, 6.45) is 1.57. The van der Waals surface area contributed by atoms with Gasteiger partial charge in [-0.3, -0.25) is 19.3 Å². The van der Waals surface area contributed by atoms with Gasteiger partial charge in [0.25, 0.3) is 11.1 Å². The first-order chi connectivity index (χ1) is 19.0. The molecule has 1 fully saturated rings. The Morgan fingerprint density at radius 2 is 1.73 bits per heavy atom. The van der Waals surface area contributed by atoms with Crippen molar-refractivity contribution in [1.82, 2.24) is 4.90 Å². The minimum atomic E-state index is -4.24. The van der Waals surface area contributed by atoms with Gasteiger partial charge in [-0.05, 0) is 130 Å². The van der Waals surface area contributed by atoms with Crippen molar-refractivity contribution in [1.29, 1.82) is 0 Å². The monoisotopic (exact) mass is 804 g/mol. The molecule has 0 aliphatic carbocycles. The summed E-state index contributed by atoms with van der Waals surface area (Å²) in [7, 11) is -4.24. The third kappa shape index (κ3) is 7.36. The average molecular weight is 804 g/mol. The molecule has 1 aliphatic rings. The molecule has 0 atom stereocenters. The molecule has 208 valence electrons. The van der Waals surface area contributed by atoms with Gasteiger partial charge in [0.15, 0.2) is 11.5 Å². The summed E-state index contributed by atoms with van der Waals surface area (Å²) in [5.74, 6) is -0.528. The molecule has 1 saturated heterocycles. The smallest absolute Gasteiger partial charge is 0.339 e. The number of thioether (sulfide) groups is 1. The van der Waals surface area contributed by atoms with Crippen molar-refractivity contribution in [3.05, 3.63) is 83.8 Å². The molecule has 0 saturated carbocycles. The Kier molecular flexibility index (Phi) is 9.79. The lowest BCUT2D eigenvalue weighted by molar-refractivity contribution is -0.123.